The third-order valence-electron chi connectivity index (χ3n) is 3.63. The van der Waals surface area contributed by atoms with Gasteiger partial charge in [0.25, 0.3) is 0 Å². The fourth-order valence-electron chi connectivity index (χ4n) is 2.46. The van der Waals surface area contributed by atoms with E-state index in [0.29, 0.717) is 16.6 Å². The van der Waals surface area contributed by atoms with E-state index in [4.69, 9.17) is 17.0 Å². The maximum absolute atomic E-state index is 5.43. The van der Waals surface area contributed by atoms with E-state index in [-0.39, 0.29) is 0 Å². The van der Waals surface area contributed by atoms with Crippen LogP contribution in [0.3, 0.4) is 0 Å². The SMILES string of the molecule is COc1ccc2[nH]c(=S)n(CC(C)c3ccccc3)c2n1. The molecular formula is C16H17N3OS. The van der Waals surface area contributed by atoms with E-state index in [1.165, 1.54) is 5.56 Å². The summed E-state index contributed by atoms with van der Waals surface area (Å²) in [5, 5.41) is 0. The Morgan fingerprint density at radius 3 is 2.71 bits per heavy atom. The number of pyridine rings is 1. The van der Waals surface area contributed by atoms with Crippen molar-refractivity contribution in [1.29, 1.82) is 0 Å². The molecule has 3 rings (SSSR count). The molecule has 0 saturated heterocycles. The van der Waals surface area contributed by atoms with Crippen LogP contribution in [0.15, 0.2) is 42.5 Å². The van der Waals surface area contributed by atoms with Crippen molar-refractivity contribution in [3.8, 4) is 5.88 Å². The molecule has 0 amide bonds. The van der Waals surface area contributed by atoms with Crippen LogP contribution in [0.2, 0.25) is 0 Å². The van der Waals surface area contributed by atoms with Gasteiger partial charge >= 0.3 is 0 Å². The topological polar surface area (TPSA) is 42.8 Å². The number of benzene rings is 1. The van der Waals surface area contributed by atoms with Gasteiger partial charge in [-0.2, -0.15) is 4.98 Å². The van der Waals surface area contributed by atoms with Crippen LogP contribution in [0.25, 0.3) is 11.2 Å². The van der Waals surface area contributed by atoms with E-state index in [2.05, 4.69) is 41.2 Å². The molecule has 0 aliphatic rings. The van der Waals surface area contributed by atoms with Crippen molar-refractivity contribution in [2.24, 2.45) is 0 Å². The Balaban J connectivity index is 2.00. The van der Waals surface area contributed by atoms with Crippen molar-refractivity contribution >= 4 is 23.4 Å². The van der Waals surface area contributed by atoms with Crippen LogP contribution in [0, 0.1) is 4.77 Å². The molecular weight excluding hydrogens is 282 g/mol. The second kappa shape index (κ2) is 5.69. The minimum atomic E-state index is 0.352. The average Bonchev–Trinajstić information content (AvgIpc) is 2.83. The number of ether oxygens (including phenoxy) is 1. The number of H-pyrrole nitrogens is 1. The quantitative estimate of drug-likeness (QED) is 0.743. The van der Waals surface area contributed by atoms with E-state index in [9.17, 15) is 0 Å². The predicted molar refractivity (Wildman–Crippen MR) is 86.3 cm³/mol. The van der Waals surface area contributed by atoms with Crippen molar-refractivity contribution in [1.82, 2.24) is 14.5 Å². The Morgan fingerprint density at radius 2 is 2.00 bits per heavy atom. The fourth-order valence-corrected chi connectivity index (χ4v) is 2.73. The summed E-state index contributed by atoms with van der Waals surface area (Å²) in [4.78, 5) is 7.70. The molecule has 0 radical (unpaired) electrons. The highest BCUT2D eigenvalue weighted by molar-refractivity contribution is 7.71. The first-order valence-electron chi connectivity index (χ1n) is 6.87. The summed E-state index contributed by atoms with van der Waals surface area (Å²) in [6.45, 7) is 2.97. The molecule has 1 atom stereocenters. The third-order valence-corrected chi connectivity index (χ3v) is 3.95. The van der Waals surface area contributed by atoms with Gasteiger partial charge in [-0.1, -0.05) is 37.3 Å². The summed E-state index contributed by atoms with van der Waals surface area (Å²) >= 11 is 5.43. The average molecular weight is 299 g/mol. The molecule has 4 nitrogen and oxygen atoms in total. The van der Waals surface area contributed by atoms with E-state index in [1.54, 1.807) is 7.11 Å². The number of nitrogens with zero attached hydrogens (tertiary/aromatic N) is 2. The van der Waals surface area contributed by atoms with Crippen LogP contribution < -0.4 is 4.74 Å². The third kappa shape index (κ3) is 2.69. The molecule has 0 saturated carbocycles. The smallest absolute Gasteiger partial charge is 0.215 e. The van der Waals surface area contributed by atoms with Gasteiger partial charge < -0.3 is 14.3 Å². The molecule has 2 heterocycles. The van der Waals surface area contributed by atoms with Crippen molar-refractivity contribution in [2.45, 2.75) is 19.4 Å². The lowest BCUT2D eigenvalue weighted by atomic mass is 10.0. The van der Waals surface area contributed by atoms with Gasteiger partial charge in [-0.3, -0.25) is 0 Å². The van der Waals surface area contributed by atoms with E-state index in [0.717, 1.165) is 17.7 Å². The second-order valence-corrected chi connectivity index (χ2v) is 5.46. The molecule has 108 valence electrons. The zero-order valence-corrected chi connectivity index (χ0v) is 12.9. The molecule has 0 bridgehead atoms. The Morgan fingerprint density at radius 1 is 1.24 bits per heavy atom. The van der Waals surface area contributed by atoms with Gasteiger partial charge in [0.2, 0.25) is 5.88 Å². The monoisotopic (exact) mass is 299 g/mol. The molecule has 0 fully saturated rings. The number of rotatable bonds is 4. The molecule has 1 unspecified atom stereocenters. The molecule has 5 heteroatoms. The first-order chi connectivity index (χ1) is 10.2. The molecule has 0 aliphatic heterocycles. The van der Waals surface area contributed by atoms with Gasteiger partial charge in [-0.05, 0) is 29.8 Å². The van der Waals surface area contributed by atoms with Crippen LogP contribution in [-0.2, 0) is 6.54 Å². The Labute approximate surface area is 128 Å². The fraction of sp³-hybridized carbons (Fsp3) is 0.250. The first-order valence-corrected chi connectivity index (χ1v) is 7.28. The van der Waals surface area contributed by atoms with Gasteiger partial charge in [0.05, 0.1) is 12.6 Å². The minimum Gasteiger partial charge on any atom is -0.481 e. The molecule has 0 aliphatic carbocycles. The van der Waals surface area contributed by atoms with Crippen LogP contribution in [0.4, 0.5) is 0 Å². The summed E-state index contributed by atoms with van der Waals surface area (Å²) in [7, 11) is 1.62. The number of aromatic nitrogens is 3. The molecule has 3 aromatic rings. The molecule has 0 spiro atoms. The summed E-state index contributed by atoms with van der Waals surface area (Å²) in [6, 6.07) is 14.2. The number of fused-ring (bicyclic) bond motifs is 1. The van der Waals surface area contributed by atoms with Crippen molar-refractivity contribution in [2.75, 3.05) is 7.11 Å². The van der Waals surface area contributed by atoms with E-state index in [1.807, 2.05) is 22.8 Å². The zero-order chi connectivity index (χ0) is 14.8. The van der Waals surface area contributed by atoms with E-state index >= 15 is 0 Å². The predicted octanol–water partition coefficient (Wildman–Crippen LogP) is 3.91. The summed E-state index contributed by atoms with van der Waals surface area (Å²) in [5.41, 5.74) is 3.06. The number of nitrogens with one attached hydrogen (secondary N) is 1. The number of hydrogen-bond acceptors (Lipinski definition) is 3. The molecule has 21 heavy (non-hydrogen) atoms. The highest BCUT2D eigenvalue weighted by Crippen LogP contribution is 2.21. The number of methoxy groups -OCH3 is 1. The summed E-state index contributed by atoms with van der Waals surface area (Å²) in [5.74, 6) is 0.947. The van der Waals surface area contributed by atoms with Crippen LogP contribution in [-0.4, -0.2) is 21.6 Å². The zero-order valence-electron chi connectivity index (χ0n) is 12.0. The lowest BCUT2D eigenvalue weighted by Gasteiger charge is -2.13. The highest BCUT2D eigenvalue weighted by Gasteiger charge is 2.12. The standard InChI is InChI=1S/C16H17N3OS/c1-11(12-6-4-3-5-7-12)10-19-15-13(17-16(19)21)8-9-14(18-15)20-2/h3-9,11H,10H2,1-2H3,(H,17,21). The van der Waals surface area contributed by atoms with Crippen molar-refractivity contribution in [3.63, 3.8) is 0 Å². The van der Waals surface area contributed by atoms with Gasteiger partial charge in [-0.25, -0.2) is 0 Å². The number of hydrogen-bond donors (Lipinski definition) is 1. The van der Waals surface area contributed by atoms with Gasteiger partial charge in [-0.15, -0.1) is 0 Å². The van der Waals surface area contributed by atoms with Crippen LogP contribution in [0.5, 0.6) is 5.88 Å². The van der Waals surface area contributed by atoms with Crippen molar-refractivity contribution < 1.29 is 4.74 Å². The normalized spacial score (nSPS) is 12.5. The molecule has 2 aromatic heterocycles. The molecule has 1 N–H and O–H groups in total. The summed E-state index contributed by atoms with van der Waals surface area (Å²) in [6.07, 6.45) is 0. The van der Waals surface area contributed by atoms with Crippen LogP contribution >= 0.6 is 12.2 Å². The van der Waals surface area contributed by atoms with Gasteiger partial charge in [0, 0.05) is 12.6 Å². The lowest BCUT2D eigenvalue weighted by Crippen LogP contribution is -2.07. The number of imidazole rings is 1. The minimum absolute atomic E-state index is 0.352. The number of aromatic amines is 1. The maximum atomic E-state index is 5.43. The first kappa shape index (κ1) is 13.8. The Bertz CT molecular complexity index is 807. The highest BCUT2D eigenvalue weighted by atomic mass is 32.1. The van der Waals surface area contributed by atoms with Gasteiger partial charge in [0.1, 0.15) is 0 Å². The van der Waals surface area contributed by atoms with Crippen molar-refractivity contribution in [3.05, 3.63) is 52.8 Å². The van der Waals surface area contributed by atoms with Gasteiger partial charge in [0.15, 0.2) is 10.4 Å². The maximum Gasteiger partial charge on any atom is 0.215 e. The Hall–Kier alpha value is -2.14. The molecule has 1 aromatic carbocycles. The largest absolute Gasteiger partial charge is 0.481 e. The second-order valence-electron chi connectivity index (χ2n) is 5.08. The summed E-state index contributed by atoms with van der Waals surface area (Å²) < 4.78 is 7.92. The Kier molecular flexibility index (Phi) is 3.75. The van der Waals surface area contributed by atoms with Crippen LogP contribution in [0.1, 0.15) is 18.4 Å². The van der Waals surface area contributed by atoms with E-state index < -0.39 is 0 Å². The lowest BCUT2D eigenvalue weighted by molar-refractivity contribution is 0.398.